The molecular formula is C19H24N2O3. The highest BCUT2D eigenvalue weighted by Crippen LogP contribution is 2.33. The summed E-state index contributed by atoms with van der Waals surface area (Å²) in [6.07, 6.45) is 3.60. The van der Waals surface area contributed by atoms with E-state index in [2.05, 4.69) is 29.7 Å². The fourth-order valence-electron chi connectivity index (χ4n) is 3.26. The zero-order valence-corrected chi connectivity index (χ0v) is 14.1. The molecule has 3 rings (SSSR count). The lowest BCUT2D eigenvalue weighted by Crippen LogP contribution is -2.46. The van der Waals surface area contributed by atoms with Crippen molar-refractivity contribution in [3.05, 3.63) is 59.5 Å². The highest BCUT2D eigenvalue weighted by Gasteiger charge is 2.30. The normalized spacial score (nSPS) is 22.3. The molecular weight excluding hydrogens is 304 g/mol. The molecule has 2 aromatic rings. The second-order valence-electron chi connectivity index (χ2n) is 6.77. The molecule has 0 saturated heterocycles. The summed E-state index contributed by atoms with van der Waals surface area (Å²) in [5, 5.41) is 16.2. The fourth-order valence-corrected chi connectivity index (χ4v) is 3.26. The highest BCUT2D eigenvalue weighted by molar-refractivity contribution is 5.74. The van der Waals surface area contributed by atoms with Gasteiger partial charge in [-0.2, -0.15) is 0 Å². The summed E-state index contributed by atoms with van der Waals surface area (Å²) in [6.45, 7) is 3.85. The average molecular weight is 328 g/mol. The molecule has 24 heavy (non-hydrogen) atoms. The van der Waals surface area contributed by atoms with Gasteiger partial charge in [0.2, 0.25) is 0 Å². The summed E-state index contributed by atoms with van der Waals surface area (Å²) in [4.78, 5) is 12.3. The summed E-state index contributed by atoms with van der Waals surface area (Å²) in [5.41, 5.74) is 1.24. The van der Waals surface area contributed by atoms with E-state index in [9.17, 15) is 9.90 Å². The molecule has 5 nitrogen and oxygen atoms in total. The van der Waals surface area contributed by atoms with Crippen LogP contribution in [-0.2, 0) is 12.0 Å². The number of amides is 2. The second-order valence-corrected chi connectivity index (χ2v) is 6.77. The molecule has 0 saturated carbocycles. The van der Waals surface area contributed by atoms with Gasteiger partial charge in [0.05, 0.1) is 18.8 Å². The Labute approximate surface area is 142 Å². The summed E-state index contributed by atoms with van der Waals surface area (Å²) >= 11 is 0. The summed E-state index contributed by atoms with van der Waals surface area (Å²) in [5.74, 6) is 0.801. The van der Waals surface area contributed by atoms with Crippen LogP contribution in [0.2, 0.25) is 0 Å². The Hall–Kier alpha value is -2.27. The van der Waals surface area contributed by atoms with Crippen molar-refractivity contribution in [2.45, 2.75) is 38.3 Å². The van der Waals surface area contributed by atoms with Gasteiger partial charge >= 0.3 is 6.03 Å². The molecule has 0 radical (unpaired) electrons. The number of aliphatic hydroxyl groups is 1. The SMILES string of the molecule is CC1CCc2ccccc2C1NC(=O)NCC(C)(O)c1ccco1. The van der Waals surface area contributed by atoms with Crippen molar-refractivity contribution >= 4 is 6.03 Å². The predicted molar refractivity (Wildman–Crippen MR) is 91.5 cm³/mol. The molecule has 128 valence electrons. The van der Waals surface area contributed by atoms with Crippen molar-refractivity contribution < 1.29 is 14.3 Å². The molecule has 1 aromatic carbocycles. The van der Waals surface area contributed by atoms with Gasteiger partial charge in [0.15, 0.2) is 0 Å². The maximum absolute atomic E-state index is 12.3. The van der Waals surface area contributed by atoms with Crippen molar-refractivity contribution in [1.29, 1.82) is 0 Å². The Balaban J connectivity index is 1.63. The quantitative estimate of drug-likeness (QED) is 0.807. The van der Waals surface area contributed by atoms with Gasteiger partial charge in [0.1, 0.15) is 11.4 Å². The van der Waals surface area contributed by atoms with Crippen molar-refractivity contribution in [2.24, 2.45) is 5.92 Å². The van der Waals surface area contributed by atoms with E-state index in [1.165, 1.54) is 17.4 Å². The van der Waals surface area contributed by atoms with Crippen LogP contribution in [0.1, 0.15) is 43.2 Å². The lowest BCUT2D eigenvalue weighted by molar-refractivity contribution is 0.0365. The van der Waals surface area contributed by atoms with Crippen LogP contribution in [-0.4, -0.2) is 17.7 Å². The van der Waals surface area contributed by atoms with E-state index in [4.69, 9.17) is 4.42 Å². The number of rotatable bonds is 4. The van der Waals surface area contributed by atoms with Gasteiger partial charge in [-0.15, -0.1) is 0 Å². The number of benzene rings is 1. The Morgan fingerprint density at radius 1 is 1.33 bits per heavy atom. The number of fused-ring (bicyclic) bond motifs is 1. The van der Waals surface area contributed by atoms with E-state index < -0.39 is 5.60 Å². The summed E-state index contributed by atoms with van der Waals surface area (Å²) in [6, 6.07) is 11.4. The standard InChI is InChI=1S/C19H24N2O3/c1-13-9-10-14-6-3-4-7-15(14)17(13)21-18(22)20-12-19(2,23)16-8-5-11-24-16/h3-8,11,13,17,23H,9-10,12H2,1-2H3,(H2,20,21,22). The molecule has 1 aromatic heterocycles. The van der Waals surface area contributed by atoms with Crippen LogP contribution in [0, 0.1) is 5.92 Å². The second kappa shape index (κ2) is 6.69. The lowest BCUT2D eigenvalue weighted by Gasteiger charge is -2.32. The Morgan fingerprint density at radius 2 is 2.12 bits per heavy atom. The number of aryl methyl sites for hydroxylation is 1. The molecule has 2 amide bonds. The smallest absolute Gasteiger partial charge is 0.315 e. The zero-order valence-electron chi connectivity index (χ0n) is 14.1. The molecule has 3 unspecified atom stereocenters. The number of carbonyl (C=O) groups excluding carboxylic acids is 1. The number of carbonyl (C=O) groups is 1. The number of furan rings is 1. The molecule has 1 heterocycles. The molecule has 0 aliphatic heterocycles. The number of hydrogen-bond donors (Lipinski definition) is 3. The van der Waals surface area contributed by atoms with E-state index in [-0.39, 0.29) is 18.6 Å². The van der Waals surface area contributed by atoms with Crippen molar-refractivity contribution in [3.8, 4) is 0 Å². The molecule has 0 bridgehead atoms. The average Bonchev–Trinajstić information content (AvgIpc) is 3.11. The topological polar surface area (TPSA) is 74.5 Å². The fraction of sp³-hybridized carbons (Fsp3) is 0.421. The van der Waals surface area contributed by atoms with E-state index >= 15 is 0 Å². The van der Waals surface area contributed by atoms with E-state index in [0.29, 0.717) is 11.7 Å². The highest BCUT2D eigenvalue weighted by atomic mass is 16.4. The van der Waals surface area contributed by atoms with Crippen LogP contribution >= 0.6 is 0 Å². The van der Waals surface area contributed by atoms with Gasteiger partial charge in [-0.3, -0.25) is 0 Å². The summed E-state index contributed by atoms with van der Waals surface area (Å²) < 4.78 is 5.22. The number of urea groups is 1. The Kier molecular flexibility index (Phi) is 4.62. The number of hydrogen-bond acceptors (Lipinski definition) is 3. The first-order chi connectivity index (χ1) is 11.5. The van der Waals surface area contributed by atoms with Crippen LogP contribution in [0.5, 0.6) is 0 Å². The van der Waals surface area contributed by atoms with Crippen molar-refractivity contribution in [1.82, 2.24) is 10.6 Å². The van der Waals surface area contributed by atoms with E-state index in [1.807, 2.05) is 12.1 Å². The van der Waals surface area contributed by atoms with Gasteiger partial charge < -0.3 is 20.2 Å². The van der Waals surface area contributed by atoms with Gasteiger partial charge in [0, 0.05) is 0 Å². The van der Waals surface area contributed by atoms with Crippen LogP contribution in [0.4, 0.5) is 4.79 Å². The third-order valence-electron chi connectivity index (χ3n) is 4.76. The first-order valence-electron chi connectivity index (χ1n) is 8.36. The van der Waals surface area contributed by atoms with Crippen LogP contribution in [0.15, 0.2) is 47.1 Å². The maximum Gasteiger partial charge on any atom is 0.315 e. The molecule has 3 N–H and O–H groups in total. The number of nitrogens with one attached hydrogen (secondary N) is 2. The Morgan fingerprint density at radius 3 is 2.88 bits per heavy atom. The molecule has 5 heteroatoms. The van der Waals surface area contributed by atoms with Crippen molar-refractivity contribution in [2.75, 3.05) is 6.54 Å². The third kappa shape index (κ3) is 3.46. The molecule has 1 aliphatic rings. The van der Waals surface area contributed by atoms with E-state index in [0.717, 1.165) is 12.8 Å². The van der Waals surface area contributed by atoms with Crippen molar-refractivity contribution in [3.63, 3.8) is 0 Å². The minimum absolute atomic E-state index is 0.0106. The molecule has 0 fully saturated rings. The largest absolute Gasteiger partial charge is 0.466 e. The minimum atomic E-state index is -1.24. The third-order valence-corrected chi connectivity index (χ3v) is 4.76. The Bertz CT molecular complexity index is 694. The first kappa shape index (κ1) is 16.6. The van der Waals surface area contributed by atoms with Crippen LogP contribution < -0.4 is 10.6 Å². The van der Waals surface area contributed by atoms with Gasteiger partial charge in [-0.25, -0.2) is 4.79 Å². The minimum Gasteiger partial charge on any atom is -0.466 e. The molecule has 3 atom stereocenters. The van der Waals surface area contributed by atoms with Crippen LogP contribution in [0.3, 0.4) is 0 Å². The van der Waals surface area contributed by atoms with Gasteiger partial charge in [-0.1, -0.05) is 31.2 Å². The van der Waals surface area contributed by atoms with Gasteiger partial charge in [-0.05, 0) is 48.9 Å². The summed E-state index contributed by atoms with van der Waals surface area (Å²) in [7, 11) is 0. The monoisotopic (exact) mass is 328 g/mol. The first-order valence-corrected chi connectivity index (χ1v) is 8.36. The molecule has 0 spiro atoms. The van der Waals surface area contributed by atoms with Crippen LogP contribution in [0.25, 0.3) is 0 Å². The zero-order chi connectivity index (χ0) is 17.2. The van der Waals surface area contributed by atoms with E-state index in [1.54, 1.807) is 19.1 Å². The van der Waals surface area contributed by atoms with Gasteiger partial charge in [0.25, 0.3) is 0 Å². The lowest BCUT2D eigenvalue weighted by atomic mass is 9.81. The maximum atomic E-state index is 12.3. The molecule has 1 aliphatic carbocycles. The predicted octanol–water partition coefficient (Wildman–Crippen LogP) is 3.11.